The lowest BCUT2D eigenvalue weighted by atomic mass is 10.1. The molecule has 142 valence electrons. The molecular weight excluding hydrogens is 364 g/mol. The maximum absolute atomic E-state index is 12.8. The number of rotatable bonds is 5. The summed E-state index contributed by atoms with van der Waals surface area (Å²) in [6, 6.07) is 11.6. The molecule has 1 saturated heterocycles. The number of sulfone groups is 1. The maximum atomic E-state index is 12.8. The molecular formula is C20H22N2O4S. The smallest absolute Gasteiger partial charge is 0.256 e. The Labute approximate surface area is 159 Å². The van der Waals surface area contributed by atoms with Crippen molar-refractivity contribution in [1.29, 1.82) is 0 Å². The quantitative estimate of drug-likeness (QED) is 0.855. The van der Waals surface area contributed by atoms with E-state index in [0.717, 1.165) is 17.7 Å². The second kappa shape index (κ2) is 7.52. The first-order valence-corrected chi connectivity index (χ1v) is 10.5. The Morgan fingerprint density at radius 2 is 1.89 bits per heavy atom. The van der Waals surface area contributed by atoms with Gasteiger partial charge in [-0.2, -0.15) is 0 Å². The molecule has 1 aliphatic rings. The first-order chi connectivity index (χ1) is 12.8. The maximum Gasteiger partial charge on any atom is 0.256 e. The van der Waals surface area contributed by atoms with Crippen LogP contribution in [-0.4, -0.2) is 32.5 Å². The molecule has 7 heteroatoms. The first-order valence-electron chi connectivity index (χ1n) is 8.88. The van der Waals surface area contributed by atoms with Gasteiger partial charge in [-0.05, 0) is 43.2 Å². The Balaban J connectivity index is 1.93. The monoisotopic (exact) mass is 386 g/mol. The summed E-state index contributed by atoms with van der Waals surface area (Å²) in [7, 11) is -3.52. The molecule has 2 amide bonds. The van der Waals surface area contributed by atoms with Crippen LogP contribution in [0, 0.1) is 6.92 Å². The fraction of sp³-hybridized carbons (Fsp3) is 0.300. The van der Waals surface area contributed by atoms with Crippen LogP contribution < -0.4 is 10.2 Å². The normalized spacial score (nSPS) is 14.4. The number of benzene rings is 2. The van der Waals surface area contributed by atoms with Gasteiger partial charge in [0.15, 0.2) is 9.84 Å². The number of carbonyl (C=O) groups is 2. The highest BCUT2D eigenvalue weighted by molar-refractivity contribution is 7.91. The standard InChI is InChI=1S/C20H22N2O4S/c1-3-27(25,26)18-11-5-4-8-15(18)20(24)21-16-9-6-10-17(14(16)2)22-13-7-12-19(22)23/h4-6,8-11H,3,7,12-13H2,1-2H3,(H,21,24). The Bertz CT molecular complexity index is 999. The molecule has 2 aromatic carbocycles. The van der Waals surface area contributed by atoms with Gasteiger partial charge in [-0.1, -0.05) is 25.1 Å². The molecule has 0 atom stereocenters. The van der Waals surface area contributed by atoms with Crippen molar-refractivity contribution >= 4 is 33.0 Å². The molecule has 0 radical (unpaired) electrons. The van der Waals surface area contributed by atoms with Crippen LogP contribution >= 0.6 is 0 Å². The number of hydrogen-bond donors (Lipinski definition) is 1. The third-order valence-corrected chi connectivity index (χ3v) is 6.55. The van der Waals surface area contributed by atoms with E-state index in [1.165, 1.54) is 12.1 Å². The van der Waals surface area contributed by atoms with Gasteiger partial charge >= 0.3 is 0 Å². The molecule has 1 N–H and O–H groups in total. The molecule has 2 aromatic rings. The van der Waals surface area contributed by atoms with Crippen LogP contribution in [0.5, 0.6) is 0 Å². The predicted octanol–water partition coefficient (Wildman–Crippen LogP) is 3.17. The van der Waals surface area contributed by atoms with E-state index in [0.29, 0.717) is 18.7 Å². The molecule has 1 heterocycles. The lowest BCUT2D eigenvalue weighted by Crippen LogP contribution is -2.25. The molecule has 0 aromatic heterocycles. The van der Waals surface area contributed by atoms with Gasteiger partial charge in [0.25, 0.3) is 5.91 Å². The Hall–Kier alpha value is -2.67. The highest BCUT2D eigenvalue weighted by atomic mass is 32.2. The SMILES string of the molecule is CCS(=O)(=O)c1ccccc1C(=O)Nc1cccc(N2CCCC2=O)c1C. The van der Waals surface area contributed by atoms with Crippen LogP contribution in [0.4, 0.5) is 11.4 Å². The van der Waals surface area contributed by atoms with E-state index in [1.807, 2.05) is 13.0 Å². The minimum Gasteiger partial charge on any atom is -0.322 e. The average molecular weight is 386 g/mol. The summed E-state index contributed by atoms with van der Waals surface area (Å²) in [6.07, 6.45) is 1.34. The van der Waals surface area contributed by atoms with E-state index in [-0.39, 0.29) is 22.1 Å². The van der Waals surface area contributed by atoms with Crippen molar-refractivity contribution in [3.8, 4) is 0 Å². The van der Waals surface area contributed by atoms with E-state index in [9.17, 15) is 18.0 Å². The molecule has 0 saturated carbocycles. The van der Waals surface area contributed by atoms with E-state index >= 15 is 0 Å². The molecule has 0 unspecified atom stereocenters. The second-order valence-electron chi connectivity index (χ2n) is 6.45. The van der Waals surface area contributed by atoms with Crippen molar-refractivity contribution in [3.63, 3.8) is 0 Å². The van der Waals surface area contributed by atoms with Gasteiger partial charge < -0.3 is 10.2 Å². The fourth-order valence-electron chi connectivity index (χ4n) is 3.22. The van der Waals surface area contributed by atoms with Gasteiger partial charge in [0.1, 0.15) is 0 Å². The Morgan fingerprint density at radius 3 is 2.56 bits per heavy atom. The lowest BCUT2D eigenvalue weighted by molar-refractivity contribution is -0.117. The van der Waals surface area contributed by atoms with Gasteiger partial charge in [-0.3, -0.25) is 9.59 Å². The van der Waals surface area contributed by atoms with Gasteiger partial charge in [0, 0.05) is 24.3 Å². The zero-order valence-corrected chi connectivity index (χ0v) is 16.2. The zero-order chi connectivity index (χ0) is 19.6. The van der Waals surface area contributed by atoms with Crippen molar-refractivity contribution in [2.75, 3.05) is 22.5 Å². The van der Waals surface area contributed by atoms with Crippen LogP contribution in [0.15, 0.2) is 47.4 Å². The number of hydrogen-bond acceptors (Lipinski definition) is 4. The number of nitrogens with zero attached hydrogens (tertiary/aromatic N) is 1. The summed E-state index contributed by atoms with van der Waals surface area (Å²) in [5.41, 5.74) is 2.21. The third-order valence-electron chi connectivity index (χ3n) is 4.76. The predicted molar refractivity (Wildman–Crippen MR) is 105 cm³/mol. The zero-order valence-electron chi connectivity index (χ0n) is 15.4. The molecule has 3 rings (SSSR count). The first kappa shape index (κ1) is 19.1. The van der Waals surface area contributed by atoms with E-state index < -0.39 is 15.7 Å². The highest BCUT2D eigenvalue weighted by Crippen LogP contribution is 2.30. The van der Waals surface area contributed by atoms with Crippen molar-refractivity contribution in [2.24, 2.45) is 0 Å². The number of carbonyl (C=O) groups excluding carboxylic acids is 2. The Morgan fingerprint density at radius 1 is 1.15 bits per heavy atom. The number of amides is 2. The summed E-state index contributed by atoms with van der Waals surface area (Å²) in [6.45, 7) is 4.05. The summed E-state index contributed by atoms with van der Waals surface area (Å²) < 4.78 is 24.6. The van der Waals surface area contributed by atoms with Crippen LogP contribution in [0.3, 0.4) is 0 Å². The minimum atomic E-state index is -3.52. The second-order valence-corrected chi connectivity index (χ2v) is 8.70. The number of nitrogens with one attached hydrogen (secondary N) is 1. The van der Waals surface area contributed by atoms with Gasteiger partial charge in [-0.15, -0.1) is 0 Å². The van der Waals surface area contributed by atoms with E-state index in [2.05, 4.69) is 5.32 Å². The topological polar surface area (TPSA) is 83.6 Å². The minimum absolute atomic E-state index is 0.0218. The number of anilines is 2. The average Bonchev–Trinajstić information content (AvgIpc) is 3.09. The van der Waals surface area contributed by atoms with Crippen LogP contribution in [0.25, 0.3) is 0 Å². The van der Waals surface area contributed by atoms with Gasteiger partial charge in [0.05, 0.1) is 16.2 Å². The molecule has 1 fully saturated rings. The van der Waals surface area contributed by atoms with Crippen LogP contribution in [0.2, 0.25) is 0 Å². The summed E-state index contributed by atoms with van der Waals surface area (Å²) in [4.78, 5) is 26.6. The summed E-state index contributed by atoms with van der Waals surface area (Å²) in [5.74, 6) is -0.500. The van der Waals surface area contributed by atoms with Crippen molar-refractivity contribution in [1.82, 2.24) is 0 Å². The van der Waals surface area contributed by atoms with Crippen molar-refractivity contribution in [2.45, 2.75) is 31.6 Å². The van der Waals surface area contributed by atoms with Crippen LogP contribution in [-0.2, 0) is 14.6 Å². The largest absolute Gasteiger partial charge is 0.322 e. The van der Waals surface area contributed by atoms with E-state index in [4.69, 9.17) is 0 Å². The molecule has 27 heavy (non-hydrogen) atoms. The molecule has 0 bridgehead atoms. The van der Waals surface area contributed by atoms with Crippen LogP contribution in [0.1, 0.15) is 35.7 Å². The summed E-state index contributed by atoms with van der Waals surface area (Å²) in [5, 5.41) is 2.80. The lowest BCUT2D eigenvalue weighted by Gasteiger charge is -2.20. The van der Waals surface area contributed by atoms with Crippen molar-refractivity contribution < 1.29 is 18.0 Å². The van der Waals surface area contributed by atoms with E-state index in [1.54, 1.807) is 36.1 Å². The Kier molecular flexibility index (Phi) is 5.32. The highest BCUT2D eigenvalue weighted by Gasteiger charge is 2.25. The molecule has 1 aliphatic heterocycles. The van der Waals surface area contributed by atoms with Crippen molar-refractivity contribution in [3.05, 3.63) is 53.6 Å². The molecule has 0 aliphatic carbocycles. The summed E-state index contributed by atoms with van der Waals surface area (Å²) >= 11 is 0. The fourth-order valence-corrected chi connectivity index (χ4v) is 4.32. The molecule has 6 nitrogen and oxygen atoms in total. The molecule has 0 spiro atoms. The van der Waals surface area contributed by atoms with Gasteiger partial charge in [0.2, 0.25) is 5.91 Å². The van der Waals surface area contributed by atoms with Gasteiger partial charge in [-0.25, -0.2) is 8.42 Å². The third kappa shape index (κ3) is 3.73.